The Bertz CT molecular complexity index is 328. The summed E-state index contributed by atoms with van der Waals surface area (Å²) in [6.45, 7) is 0. The average Bonchev–Trinajstić information content (AvgIpc) is 2.40. The molecule has 10 heavy (non-hydrogen) atoms. The molecule has 0 saturated heterocycles. The van der Waals surface area contributed by atoms with Gasteiger partial charge in [-0.2, -0.15) is 5.10 Å². The van der Waals surface area contributed by atoms with E-state index in [9.17, 15) is 0 Å². The van der Waals surface area contributed by atoms with Crippen LogP contribution in [0.1, 0.15) is 0 Å². The van der Waals surface area contributed by atoms with Gasteiger partial charge in [-0.25, -0.2) is 4.52 Å². The molecule has 2 rings (SSSR count). The maximum atomic E-state index is 4.09. The van der Waals surface area contributed by atoms with Gasteiger partial charge in [0.25, 0.3) is 0 Å². The molecule has 0 aliphatic heterocycles. The summed E-state index contributed by atoms with van der Waals surface area (Å²) in [6, 6.07) is 0. The zero-order valence-electron chi connectivity index (χ0n) is 5.45. The molecule has 0 amide bonds. The van der Waals surface area contributed by atoms with Crippen molar-refractivity contribution in [3.05, 3.63) is 23.1 Å². The van der Waals surface area contributed by atoms with Gasteiger partial charge in [0.2, 0.25) is 0 Å². The molecule has 0 N–H and O–H groups in total. The fraction of sp³-hybridized carbons (Fsp3) is 0.167. The van der Waals surface area contributed by atoms with E-state index in [1.807, 2.05) is 28.5 Å². The van der Waals surface area contributed by atoms with Crippen molar-refractivity contribution < 1.29 is 0 Å². The van der Waals surface area contributed by atoms with Crippen molar-refractivity contribution in [1.82, 2.24) is 14.2 Å². The van der Waals surface area contributed by atoms with Gasteiger partial charge in [0.05, 0.1) is 10.7 Å². The minimum Gasteiger partial charge on any atom is -0.334 e. The number of fused-ring (bicyclic) bond motifs is 1. The molecule has 4 heteroatoms. The summed E-state index contributed by atoms with van der Waals surface area (Å²) in [5.41, 5.74) is 1.08. The lowest BCUT2D eigenvalue weighted by atomic mass is 10.7. The first-order chi connectivity index (χ1) is 4.79. The van der Waals surface area contributed by atoms with E-state index in [0.29, 0.717) is 0 Å². The number of rotatable bonds is 0. The van der Waals surface area contributed by atoms with E-state index in [4.69, 9.17) is 0 Å². The van der Waals surface area contributed by atoms with Crippen LogP contribution >= 0.6 is 15.9 Å². The second-order valence-corrected chi connectivity index (χ2v) is 3.02. The predicted octanol–water partition coefficient (Wildman–Crippen LogP) is 1.44. The zero-order chi connectivity index (χ0) is 7.14. The molecule has 2 aromatic heterocycles. The van der Waals surface area contributed by atoms with Crippen molar-refractivity contribution in [2.75, 3.05) is 0 Å². The minimum absolute atomic E-state index is 1.03. The molecule has 2 aromatic rings. The summed E-state index contributed by atoms with van der Waals surface area (Å²) < 4.78 is 4.86. The van der Waals surface area contributed by atoms with Crippen LogP contribution in [0, 0.1) is 0 Å². The Balaban J connectivity index is 2.98. The van der Waals surface area contributed by atoms with E-state index in [-0.39, 0.29) is 0 Å². The van der Waals surface area contributed by atoms with Crippen LogP contribution in [0.2, 0.25) is 0 Å². The standard InChI is InChI=1S/C6H6BrN3/c1-9-2-3-10-6(9)5(7)4-8-10/h2-4H,1H3. The molecule has 0 atom stereocenters. The SMILES string of the molecule is Cn1ccn2ncc(Br)c12. The molecule has 3 nitrogen and oxygen atoms in total. The molecule has 0 aliphatic rings. The Labute approximate surface area is 66.4 Å². The first kappa shape index (κ1) is 5.97. The van der Waals surface area contributed by atoms with Gasteiger partial charge < -0.3 is 4.57 Å². The summed E-state index contributed by atoms with van der Waals surface area (Å²) in [5, 5.41) is 4.09. The summed E-state index contributed by atoms with van der Waals surface area (Å²) in [6.07, 6.45) is 5.67. The van der Waals surface area contributed by atoms with Crippen molar-refractivity contribution >= 4 is 21.6 Å². The Morgan fingerprint density at radius 3 is 3.00 bits per heavy atom. The number of hydrogen-bond donors (Lipinski definition) is 0. The monoisotopic (exact) mass is 199 g/mol. The fourth-order valence-corrected chi connectivity index (χ4v) is 1.56. The third-order valence-corrected chi connectivity index (χ3v) is 2.05. The van der Waals surface area contributed by atoms with E-state index in [1.165, 1.54) is 0 Å². The highest BCUT2D eigenvalue weighted by molar-refractivity contribution is 9.10. The van der Waals surface area contributed by atoms with E-state index in [1.54, 1.807) is 6.20 Å². The molecular formula is C6H6BrN3. The van der Waals surface area contributed by atoms with Gasteiger partial charge in [-0.3, -0.25) is 0 Å². The largest absolute Gasteiger partial charge is 0.334 e. The quantitative estimate of drug-likeness (QED) is 0.630. The molecule has 0 unspecified atom stereocenters. The number of halogens is 1. The molecule has 0 aliphatic carbocycles. The Kier molecular flexibility index (Phi) is 1.11. The lowest BCUT2D eigenvalue weighted by molar-refractivity contribution is 0.927. The number of hydrogen-bond acceptors (Lipinski definition) is 1. The first-order valence-corrected chi connectivity index (χ1v) is 3.72. The molecule has 0 radical (unpaired) electrons. The van der Waals surface area contributed by atoms with E-state index in [2.05, 4.69) is 21.0 Å². The van der Waals surface area contributed by atoms with Crippen LogP contribution in [0.25, 0.3) is 5.65 Å². The molecule has 0 spiro atoms. The number of aryl methyl sites for hydroxylation is 1. The van der Waals surface area contributed by atoms with Gasteiger partial charge in [-0.15, -0.1) is 0 Å². The van der Waals surface area contributed by atoms with E-state index < -0.39 is 0 Å². The highest BCUT2D eigenvalue weighted by Crippen LogP contribution is 2.16. The van der Waals surface area contributed by atoms with E-state index in [0.717, 1.165) is 10.1 Å². The van der Waals surface area contributed by atoms with Gasteiger partial charge in [0.15, 0.2) is 0 Å². The van der Waals surface area contributed by atoms with Crippen LogP contribution in [0.15, 0.2) is 23.1 Å². The summed E-state index contributed by atoms with van der Waals surface area (Å²) in [7, 11) is 1.99. The van der Waals surface area contributed by atoms with Crippen LogP contribution in [0.3, 0.4) is 0 Å². The van der Waals surface area contributed by atoms with Crippen LogP contribution in [0.4, 0.5) is 0 Å². The van der Waals surface area contributed by atoms with Gasteiger partial charge in [-0.05, 0) is 15.9 Å². The van der Waals surface area contributed by atoms with Gasteiger partial charge in [-0.1, -0.05) is 0 Å². The van der Waals surface area contributed by atoms with Crippen molar-refractivity contribution in [3.8, 4) is 0 Å². The predicted molar refractivity (Wildman–Crippen MR) is 41.9 cm³/mol. The van der Waals surface area contributed by atoms with Crippen molar-refractivity contribution in [2.45, 2.75) is 0 Å². The lowest BCUT2D eigenvalue weighted by Crippen LogP contribution is -1.85. The van der Waals surface area contributed by atoms with Crippen LogP contribution < -0.4 is 0 Å². The van der Waals surface area contributed by atoms with Crippen molar-refractivity contribution in [2.24, 2.45) is 7.05 Å². The Morgan fingerprint density at radius 2 is 2.30 bits per heavy atom. The number of nitrogens with zero attached hydrogens (tertiary/aromatic N) is 3. The third kappa shape index (κ3) is 0.623. The molecule has 2 heterocycles. The summed E-state index contributed by atoms with van der Waals surface area (Å²) >= 11 is 3.39. The van der Waals surface area contributed by atoms with Crippen molar-refractivity contribution in [1.29, 1.82) is 0 Å². The average molecular weight is 200 g/mol. The van der Waals surface area contributed by atoms with Gasteiger partial charge >= 0.3 is 0 Å². The molecule has 52 valence electrons. The fourth-order valence-electron chi connectivity index (χ4n) is 1.01. The maximum absolute atomic E-state index is 4.09. The second-order valence-electron chi connectivity index (χ2n) is 2.17. The molecule has 0 aromatic carbocycles. The maximum Gasteiger partial charge on any atom is 0.149 e. The topological polar surface area (TPSA) is 22.2 Å². The van der Waals surface area contributed by atoms with Crippen LogP contribution in [-0.2, 0) is 7.05 Å². The number of imidazole rings is 1. The first-order valence-electron chi connectivity index (χ1n) is 2.93. The molecular weight excluding hydrogens is 194 g/mol. The second kappa shape index (κ2) is 1.85. The van der Waals surface area contributed by atoms with Crippen molar-refractivity contribution in [3.63, 3.8) is 0 Å². The highest BCUT2D eigenvalue weighted by Gasteiger charge is 2.02. The normalized spacial score (nSPS) is 11.0. The highest BCUT2D eigenvalue weighted by atomic mass is 79.9. The van der Waals surface area contributed by atoms with Crippen LogP contribution in [-0.4, -0.2) is 14.2 Å². The van der Waals surface area contributed by atoms with Gasteiger partial charge in [0.1, 0.15) is 5.65 Å². The van der Waals surface area contributed by atoms with Crippen LogP contribution in [0.5, 0.6) is 0 Å². The molecule has 0 bridgehead atoms. The van der Waals surface area contributed by atoms with Gasteiger partial charge in [0, 0.05) is 19.4 Å². The Morgan fingerprint density at radius 1 is 1.50 bits per heavy atom. The lowest BCUT2D eigenvalue weighted by Gasteiger charge is -1.88. The van der Waals surface area contributed by atoms with E-state index >= 15 is 0 Å². The zero-order valence-corrected chi connectivity index (χ0v) is 7.04. The molecule has 0 fully saturated rings. The third-order valence-electron chi connectivity index (χ3n) is 1.49. The summed E-state index contributed by atoms with van der Waals surface area (Å²) in [5.74, 6) is 0. The minimum atomic E-state index is 1.03. The Hall–Kier alpha value is -0.770. The molecule has 0 saturated carbocycles. The smallest absolute Gasteiger partial charge is 0.149 e. The number of aromatic nitrogens is 3. The summed E-state index contributed by atoms with van der Waals surface area (Å²) in [4.78, 5) is 0.